The third kappa shape index (κ3) is 4.65. The van der Waals surface area contributed by atoms with Gasteiger partial charge in [-0.1, -0.05) is 0 Å². The minimum absolute atomic E-state index is 0. The number of benzene rings is 1. The SMILES string of the molecule is CCN(CC)c1ccc(C=C2C(=O)NC(=O)N(Cc3ccco3)C2=O)c(OC)c1.Cl. The fourth-order valence-corrected chi connectivity index (χ4v) is 3.16. The predicted octanol–water partition coefficient (Wildman–Crippen LogP) is 3.22. The van der Waals surface area contributed by atoms with Crippen molar-refractivity contribution in [1.82, 2.24) is 10.2 Å². The first-order valence-electron chi connectivity index (χ1n) is 9.32. The molecule has 2 aromatic rings. The highest BCUT2D eigenvalue weighted by Gasteiger charge is 2.36. The number of amides is 4. The molecule has 160 valence electrons. The first-order chi connectivity index (χ1) is 14.0. The van der Waals surface area contributed by atoms with Crippen LogP contribution in [-0.2, 0) is 16.1 Å². The Morgan fingerprint density at radius 3 is 2.50 bits per heavy atom. The first-order valence-corrected chi connectivity index (χ1v) is 9.32. The summed E-state index contributed by atoms with van der Waals surface area (Å²) in [7, 11) is 1.53. The largest absolute Gasteiger partial charge is 0.496 e. The van der Waals surface area contributed by atoms with E-state index in [0.717, 1.165) is 23.7 Å². The van der Waals surface area contributed by atoms with Gasteiger partial charge in [-0.15, -0.1) is 12.4 Å². The number of carbonyl (C=O) groups excluding carboxylic acids is 3. The summed E-state index contributed by atoms with van der Waals surface area (Å²) in [5, 5.41) is 2.20. The van der Waals surface area contributed by atoms with Gasteiger partial charge in [0.2, 0.25) is 0 Å². The lowest BCUT2D eigenvalue weighted by Gasteiger charge is -2.26. The molecule has 1 aliphatic heterocycles. The highest BCUT2D eigenvalue weighted by molar-refractivity contribution is 6.31. The Kier molecular flexibility index (Phi) is 7.66. The molecule has 3 rings (SSSR count). The summed E-state index contributed by atoms with van der Waals surface area (Å²) in [6, 6.07) is 8.07. The van der Waals surface area contributed by atoms with Crippen molar-refractivity contribution in [2.24, 2.45) is 0 Å². The van der Waals surface area contributed by atoms with Crippen LogP contribution in [0.1, 0.15) is 25.2 Å². The molecule has 30 heavy (non-hydrogen) atoms. The van der Waals surface area contributed by atoms with Crippen LogP contribution in [0, 0.1) is 0 Å². The molecule has 1 aromatic carbocycles. The van der Waals surface area contributed by atoms with Crippen LogP contribution in [0.25, 0.3) is 6.08 Å². The fourth-order valence-electron chi connectivity index (χ4n) is 3.16. The van der Waals surface area contributed by atoms with Crippen molar-refractivity contribution in [1.29, 1.82) is 0 Å². The van der Waals surface area contributed by atoms with Crippen LogP contribution >= 0.6 is 12.4 Å². The van der Waals surface area contributed by atoms with Crippen LogP contribution in [0.5, 0.6) is 5.75 Å². The van der Waals surface area contributed by atoms with E-state index in [0.29, 0.717) is 17.1 Å². The molecule has 1 saturated heterocycles. The summed E-state index contributed by atoms with van der Waals surface area (Å²) in [5.74, 6) is -0.476. The minimum Gasteiger partial charge on any atom is -0.496 e. The molecule has 8 nitrogen and oxygen atoms in total. The zero-order valence-electron chi connectivity index (χ0n) is 17.0. The maximum absolute atomic E-state index is 12.8. The zero-order chi connectivity index (χ0) is 21.0. The molecule has 0 bridgehead atoms. The Labute approximate surface area is 180 Å². The Morgan fingerprint density at radius 2 is 1.90 bits per heavy atom. The van der Waals surface area contributed by atoms with Crippen molar-refractivity contribution in [3.8, 4) is 5.75 Å². The highest BCUT2D eigenvalue weighted by Crippen LogP contribution is 2.28. The molecule has 0 saturated carbocycles. The summed E-state index contributed by atoms with van der Waals surface area (Å²) in [6.07, 6.45) is 2.88. The second kappa shape index (κ2) is 9.98. The van der Waals surface area contributed by atoms with Gasteiger partial charge in [-0.25, -0.2) is 4.79 Å². The lowest BCUT2D eigenvalue weighted by Crippen LogP contribution is -2.53. The molecular weight excluding hydrogens is 410 g/mol. The second-order valence-corrected chi connectivity index (χ2v) is 6.39. The molecule has 1 aliphatic rings. The van der Waals surface area contributed by atoms with E-state index < -0.39 is 17.8 Å². The molecule has 0 atom stereocenters. The number of nitrogens with zero attached hydrogens (tertiary/aromatic N) is 2. The minimum atomic E-state index is -0.780. The average molecular weight is 434 g/mol. The summed E-state index contributed by atoms with van der Waals surface area (Å²) < 4.78 is 10.7. The molecule has 4 amide bonds. The van der Waals surface area contributed by atoms with E-state index in [4.69, 9.17) is 9.15 Å². The Hall–Kier alpha value is -3.26. The normalized spacial score (nSPS) is 15.1. The molecule has 0 spiro atoms. The molecule has 1 fully saturated rings. The number of nitrogens with one attached hydrogen (secondary N) is 1. The smallest absolute Gasteiger partial charge is 0.331 e. The molecular formula is C21H24ClN3O5. The number of hydrogen-bond acceptors (Lipinski definition) is 6. The quantitative estimate of drug-likeness (QED) is 0.532. The fraction of sp³-hybridized carbons (Fsp3) is 0.286. The highest BCUT2D eigenvalue weighted by atomic mass is 35.5. The third-order valence-electron chi connectivity index (χ3n) is 4.73. The summed E-state index contributed by atoms with van der Waals surface area (Å²) in [5.41, 5.74) is 1.39. The van der Waals surface area contributed by atoms with Gasteiger partial charge in [0.1, 0.15) is 17.1 Å². The third-order valence-corrected chi connectivity index (χ3v) is 4.73. The van der Waals surface area contributed by atoms with Crippen LogP contribution in [-0.4, -0.2) is 42.9 Å². The van der Waals surface area contributed by atoms with Crippen molar-refractivity contribution in [2.45, 2.75) is 20.4 Å². The van der Waals surface area contributed by atoms with Crippen LogP contribution < -0.4 is 15.0 Å². The summed E-state index contributed by atoms with van der Waals surface area (Å²) >= 11 is 0. The number of methoxy groups -OCH3 is 1. The topological polar surface area (TPSA) is 92.1 Å². The number of carbonyl (C=O) groups is 3. The standard InChI is InChI=1S/C21H23N3O5.ClH/c1-4-23(5-2)15-9-8-14(18(12-15)28-3)11-17-19(25)22-21(27)24(20(17)26)13-16-7-6-10-29-16;/h6-12H,4-5,13H2,1-3H3,(H,22,25,27);1H. The first kappa shape index (κ1) is 23.0. The van der Waals surface area contributed by atoms with E-state index in [2.05, 4.69) is 24.1 Å². The van der Waals surface area contributed by atoms with Gasteiger partial charge in [0.15, 0.2) is 0 Å². The number of hydrogen-bond donors (Lipinski definition) is 1. The van der Waals surface area contributed by atoms with Crippen molar-refractivity contribution in [3.63, 3.8) is 0 Å². The second-order valence-electron chi connectivity index (χ2n) is 6.39. The lowest BCUT2D eigenvalue weighted by molar-refractivity contribution is -0.130. The van der Waals surface area contributed by atoms with Gasteiger partial charge in [0.25, 0.3) is 11.8 Å². The van der Waals surface area contributed by atoms with Gasteiger partial charge < -0.3 is 14.1 Å². The van der Waals surface area contributed by atoms with E-state index in [9.17, 15) is 14.4 Å². The maximum Gasteiger partial charge on any atom is 0.331 e. The van der Waals surface area contributed by atoms with Crippen LogP contribution in [0.3, 0.4) is 0 Å². The van der Waals surface area contributed by atoms with E-state index >= 15 is 0 Å². The number of imide groups is 2. The van der Waals surface area contributed by atoms with E-state index in [1.54, 1.807) is 18.2 Å². The number of ether oxygens (including phenoxy) is 1. The van der Waals surface area contributed by atoms with Crippen LogP contribution in [0.2, 0.25) is 0 Å². The van der Waals surface area contributed by atoms with Crippen molar-refractivity contribution in [2.75, 3.05) is 25.1 Å². The van der Waals surface area contributed by atoms with Crippen LogP contribution in [0.4, 0.5) is 10.5 Å². The monoisotopic (exact) mass is 433 g/mol. The summed E-state index contributed by atoms with van der Waals surface area (Å²) in [6.45, 7) is 5.72. The molecule has 0 radical (unpaired) electrons. The Balaban J connectivity index is 0.00000320. The number of rotatable bonds is 7. The van der Waals surface area contributed by atoms with Gasteiger partial charge in [0.05, 0.1) is 19.9 Å². The van der Waals surface area contributed by atoms with Crippen LogP contribution in [0.15, 0.2) is 46.6 Å². The van der Waals surface area contributed by atoms with Crippen molar-refractivity contribution >= 4 is 42.0 Å². The van der Waals surface area contributed by atoms with E-state index in [-0.39, 0.29) is 24.5 Å². The molecule has 9 heteroatoms. The van der Waals surface area contributed by atoms with Crippen molar-refractivity contribution in [3.05, 3.63) is 53.5 Å². The molecule has 1 aromatic heterocycles. The zero-order valence-corrected chi connectivity index (χ0v) is 17.8. The number of urea groups is 1. The molecule has 0 aliphatic carbocycles. The summed E-state index contributed by atoms with van der Waals surface area (Å²) in [4.78, 5) is 40.4. The molecule has 1 N–H and O–H groups in total. The Bertz CT molecular complexity index is 952. The Morgan fingerprint density at radius 1 is 1.17 bits per heavy atom. The average Bonchev–Trinajstić information content (AvgIpc) is 3.23. The van der Waals surface area contributed by atoms with E-state index in [1.807, 2.05) is 12.1 Å². The predicted molar refractivity (Wildman–Crippen MR) is 115 cm³/mol. The number of barbiturate groups is 1. The molecule has 0 unspecified atom stereocenters. The van der Waals surface area contributed by atoms with Gasteiger partial charge in [-0.3, -0.25) is 19.8 Å². The van der Waals surface area contributed by atoms with Crippen molar-refractivity contribution < 1.29 is 23.5 Å². The van der Waals surface area contributed by atoms with Gasteiger partial charge in [0, 0.05) is 30.4 Å². The number of furan rings is 1. The number of anilines is 1. The van der Waals surface area contributed by atoms with E-state index in [1.165, 1.54) is 19.4 Å². The molecule has 2 heterocycles. The van der Waals surface area contributed by atoms with Gasteiger partial charge in [-0.05, 0) is 44.2 Å². The number of halogens is 1. The van der Waals surface area contributed by atoms with Gasteiger partial charge >= 0.3 is 6.03 Å². The lowest BCUT2D eigenvalue weighted by atomic mass is 10.1. The maximum atomic E-state index is 12.8. The van der Waals surface area contributed by atoms with Gasteiger partial charge in [-0.2, -0.15) is 0 Å².